The lowest BCUT2D eigenvalue weighted by atomic mass is 10.2. The molecule has 1 amide bonds. The van der Waals surface area contributed by atoms with Crippen molar-refractivity contribution in [1.82, 2.24) is 10.0 Å². The Bertz CT molecular complexity index is 788. The van der Waals surface area contributed by atoms with Crippen LogP contribution in [0.4, 0.5) is 5.69 Å². The van der Waals surface area contributed by atoms with Gasteiger partial charge >= 0.3 is 0 Å². The molecule has 8 nitrogen and oxygen atoms in total. The van der Waals surface area contributed by atoms with Crippen molar-refractivity contribution in [2.24, 2.45) is 0 Å². The minimum atomic E-state index is -3.37. The minimum absolute atomic E-state index is 0.00966. The van der Waals surface area contributed by atoms with E-state index in [0.717, 1.165) is 6.42 Å². The number of carbonyl (C=O) groups is 1. The quantitative estimate of drug-likeness (QED) is 0.721. The van der Waals surface area contributed by atoms with Gasteiger partial charge in [-0.15, -0.1) is 0 Å². The molecule has 1 aromatic carbocycles. The molecule has 1 aliphatic heterocycles. The number of nitrogens with zero attached hydrogens (tertiary/aromatic N) is 1. The van der Waals surface area contributed by atoms with Crippen molar-refractivity contribution in [3.63, 3.8) is 0 Å². The van der Waals surface area contributed by atoms with E-state index in [2.05, 4.69) is 10.0 Å². The number of carbonyl (C=O) groups excluding carboxylic acids is 1. The summed E-state index contributed by atoms with van der Waals surface area (Å²) >= 11 is 0. The number of anilines is 1. The first-order valence-electron chi connectivity index (χ1n) is 7.55. The van der Waals surface area contributed by atoms with Crippen LogP contribution in [0.15, 0.2) is 24.3 Å². The fraction of sp³-hybridized carbons (Fsp3) is 0.500. The van der Waals surface area contributed by atoms with E-state index in [1.54, 1.807) is 12.1 Å². The summed E-state index contributed by atoms with van der Waals surface area (Å²) < 4.78 is 50.2. The van der Waals surface area contributed by atoms with Gasteiger partial charge in [-0.3, -0.25) is 9.10 Å². The fourth-order valence-corrected chi connectivity index (χ4v) is 4.58. The Hall–Kier alpha value is -1.65. The summed E-state index contributed by atoms with van der Waals surface area (Å²) in [6, 6.07) is 6.23. The molecule has 0 atom stereocenters. The smallest absolute Gasteiger partial charge is 0.251 e. The molecular weight excluding hydrogens is 354 g/mol. The topological polar surface area (TPSA) is 113 Å². The molecule has 0 spiro atoms. The molecule has 10 heteroatoms. The fourth-order valence-electron chi connectivity index (χ4n) is 2.36. The van der Waals surface area contributed by atoms with Crippen LogP contribution < -0.4 is 14.3 Å². The van der Waals surface area contributed by atoms with Crippen molar-refractivity contribution in [2.75, 3.05) is 35.9 Å². The zero-order valence-corrected chi connectivity index (χ0v) is 15.0. The maximum atomic E-state index is 12.0. The minimum Gasteiger partial charge on any atom is -0.351 e. The highest BCUT2D eigenvalue weighted by molar-refractivity contribution is 7.92. The van der Waals surface area contributed by atoms with Crippen LogP contribution in [0.3, 0.4) is 0 Å². The normalized spacial score (nSPS) is 17.5. The molecule has 2 N–H and O–H groups in total. The molecule has 1 heterocycles. The van der Waals surface area contributed by atoms with E-state index >= 15 is 0 Å². The molecule has 0 unspecified atom stereocenters. The third kappa shape index (κ3) is 4.68. The van der Waals surface area contributed by atoms with Gasteiger partial charge in [-0.25, -0.2) is 21.6 Å². The van der Waals surface area contributed by atoms with Gasteiger partial charge in [0.1, 0.15) is 0 Å². The molecule has 0 radical (unpaired) electrons. The molecule has 0 saturated carbocycles. The van der Waals surface area contributed by atoms with Gasteiger partial charge < -0.3 is 5.32 Å². The molecule has 0 aliphatic carbocycles. The number of hydrogen-bond acceptors (Lipinski definition) is 5. The number of amides is 1. The van der Waals surface area contributed by atoms with E-state index in [1.165, 1.54) is 23.5 Å². The van der Waals surface area contributed by atoms with Gasteiger partial charge in [0, 0.05) is 18.7 Å². The molecule has 1 aliphatic rings. The van der Waals surface area contributed by atoms with Gasteiger partial charge in [-0.05, 0) is 44.2 Å². The molecule has 1 saturated heterocycles. The summed E-state index contributed by atoms with van der Waals surface area (Å²) in [5, 5.41) is 2.51. The molecule has 24 heavy (non-hydrogen) atoms. The third-order valence-corrected chi connectivity index (χ3v) is 6.97. The maximum absolute atomic E-state index is 12.0. The Morgan fingerprint density at radius 2 is 1.88 bits per heavy atom. The van der Waals surface area contributed by atoms with Crippen LogP contribution in [0.5, 0.6) is 0 Å². The highest BCUT2D eigenvalue weighted by atomic mass is 32.2. The number of nitrogens with one attached hydrogen (secondary N) is 2. The largest absolute Gasteiger partial charge is 0.351 e. The average molecular weight is 375 g/mol. The van der Waals surface area contributed by atoms with Crippen LogP contribution in [0.1, 0.15) is 23.2 Å². The monoisotopic (exact) mass is 375 g/mol. The van der Waals surface area contributed by atoms with Gasteiger partial charge in [0.05, 0.1) is 17.2 Å². The summed E-state index contributed by atoms with van der Waals surface area (Å²) in [6.45, 7) is 0.431. The number of benzene rings is 1. The lowest BCUT2D eigenvalue weighted by Crippen LogP contribution is -2.37. The van der Waals surface area contributed by atoms with E-state index in [0.29, 0.717) is 24.2 Å². The highest BCUT2D eigenvalue weighted by Gasteiger charge is 2.25. The summed E-state index contributed by atoms with van der Waals surface area (Å²) in [6.07, 6.45) is 1.47. The lowest BCUT2D eigenvalue weighted by molar-refractivity contribution is 0.0956. The molecule has 134 valence electrons. The molecule has 0 aromatic heterocycles. The number of hydrogen-bond donors (Lipinski definition) is 2. The number of rotatable bonds is 6. The Morgan fingerprint density at radius 1 is 1.21 bits per heavy atom. The highest BCUT2D eigenvalue weighted by Crippen LogP contribution is 2.23. The Kier molecular flexibility index (Phi) is 5.83. The number of sulfonamides is 2. The molecule has 1 fully saturated rings. The molecule has 1 aromatic rings. The van der Waals surface area contributed by atoms with Gasteiger partial charge in [0.2, 0.25) is 20.0 Å². The Morgan fingerprint density at radius 3 is 2.46 bits per heavy atom. The first-order chi connectivity index (χ1) is 11.2. The van der Waals surface area contributed by atoms with Crippen LogP contribution in [0.2, 0.25) is 0 Å². The summed E-state index contributed by atoms with van der Waals surface area (Å²) in [5.74, 6) is -0.483. The van der Waals surface area contributed by atoms with Crippen LogP contribution in [0.25, 0.3) is 0 Å². The Labute approximate surface area is 142 Å². The second-order valence-electron chi connectivity index (χ2n) is 5.42. The van der Waals surface area contributed by atoms with E-state index < -0.39 is 26.0 Å². The van der Waals surface area contributed by atoms with Crippen LogP contribution in [-0.4, -0.2) is 54.4 Å². The molecule has 2 rings (SSSR count). The Balaban J connectivity index is 2.00. The second-order valence-corrected chi connectivity index (χ2v) is 9.48. The molecular formula is C14H21N3O5S2. The third-order valence-electron chi connectivity index (χ3n) is 3.73. The van der Waals surface area contributed by atoms with Crippen LogP contribution in [-0.2, 0) is 20.0 Å². The summed E-state index contributed by atoms with van der Waals surface area (Å²) in [4.78, 5) is 12.0. The maximum Gasteiger partial charge on any atom is 0.251 e. The van der Waals surface area contributed by atoms with Gasteiger partial charge in [0.15, 0.2) is 0 Å². The van der Waals surface area contributed by atoms with Crippen molar-refractivity contribution in [3.8, 4) is 0 Å². The predicted molar refractivity (Wildman–Crippen MR) is 92.0 cm³/mol. The first kappa shape index (κ1) is 18.7. The van der Waals surface area contributed by atoms with Crippen LogP contribution >= 0.6 is 0 Å². The van der Waals surface area contributed by atoms with Gasteiger partial charge in [-0.2, -0.15) is 0 Å². The van der Waals surface area contributed by atoms with Gasteiger partial charge in [-0.1, -0.05) is 0 Å². The SMILES string of the molecule is CNS(=O)(=O)CCNC(=O)c1ccc(N2CCCCS2(=O)=O)cc1. The van der Waals surface area contributed by atoms with Crippen molar-refractivity contribution < 1.29 is 21.6 Å². The second kappa shape index (κ2) is 7.49. The van der Waals surface area contributed by atoms with Crippen LogP contribution in [0, 0.1) is 0 Å². The summed E-state index contributed by atoms with van der Waals surface area (Å²) in [7, 11) is -5.34. The van der Waals surface area contributed by atoms with Crippen molar-refractivity contribution in [1.29, 1.82) is 0 Å². The average Bonchev–Trinajstić information content (AvgIpc) is 2.54. The van der Waals surface area contributed by atoms with Crippen molar-refractivity contribution in [2.45, 2.75) is 12.8 Å². The predicted octanol–water partition coefficient (Wildman–Crippen LogP) is -0.104. The lowest BCUT2D eigenvalue weighted by Gasteiger charge is -2.28. The zero-order chi connectivity index (χ0) is 17.8. The zero-order valence-electron chi connectivity index (χ0n) is 13.4. The summed E-state index contributed by atoms with van der Waals surface area (Å²) in [5.41, 5.74) is 0.874. The standard InChI is InChI=1S/C14H21N3O5S2/c1-15-23(19,20)11-8-16-14(18)12-4-6-13(7-5-12)17-9-2-3-10-24(17,21)22/h4-7,15H,2-3,8-11H2,1H3,(H,16,18). The molecule has 0 bridgehead atoms. The van der Waals surface area contributed by atoms with Crippen molar-refractivity contribution in [3.05, 3.63) is 29.8 Å². The van der Waals surface area contributed by atoms with E-state index in [9.17, 15) is 21.6 Å². The van der Waals surface area contributed by atoms with E-state index in [1.807, 2.05) is 0 Å². The van der Waals surface area contributed by atoms with E-state index in [-0.39, 0.29) is 18.1 Å². The van der Waals surface area contributed by atoms with Gasteiger partial charge in [0.25, 0.3) is 5.91 Å². The van der Waals surface area contributed by atoms with Crippen molar-refractivity contribution >= 4 is 31.6 Å². The van der Waals surface area contributed by atoms with E-state index in [4.69, 9.17) is 0 Å². The first-order valence-corrected chi connectivity index (χ1v) is 10.8.